The van der Waals surface area contributed by atoms with Crippen LogP contribution in [0.2, 0.25) is 0 Å². The van der Waals surface area contributed by atoms with Crippen molar-refractivity contribution in [3.8, 4) is 0 Å². The van der Waals surface area contributed by atoms with Crippen LogP contribution >= 0.6 is 12.4 Å². The van der Waals surface area contributed by atoms with E-state index in [1.807, 2.05) is 6.92 Å². The number of benzene rings is 1. The van der Waals surface area contributed by atoms with Gasteiger partial charge in [-0.2, -0.15) is 0 Å². The molecule has 0 heterocycles. The van der Waals surface area contributed by atoms with Gasteiger partial charge in [0, 0.05) is 5.69 Å². The van der Waals surface area contributed by atoms with Crippen LogP contribution in [-0.2, 0) is 9.59 Å². The van der Waals surface area contributed by atoms with Crippen molar-refractivity contribution in [3.63, 3.8) is 0 Å². The highest BCUT2D eigenvalue weighted by atomic mass is 35.5. The van der Waals surface area contributed by atoms with Gasteiger partial charge in [-0.3, -0.25) is 14.9 Å². The first-order valence-corrected chi connectivity index (χ1v) is 6.46. The Bertz CT molecular complexity index is 497. The highest BCUT2D eigenvalue weighted by Crippen LogP contribution is 2.13. The van der Waals surface area contributed by atoms with E-state index in [-0.39, 0.29) is 19.0 Å². The quantitative estimate of drug-likeness (QED) is 0.721. The van der Waals surface area contributed by atoms with Crippen LogP contribution in [0.25, 0.3) is 0 Å². The Morgan fingerprint density at radius 2 is 2.05 bits per heavy atom. The number of aryl methyl sites for hydroxylation is 1. The van der Waals surface area contributed by atoms with Crippen LogP contribution in [0.3, 0.4) is 0 Å². The van der Waals surface area contributed by atoms with Gasteiger partial charge < -0.3 is 10.4 Å². The second kappa shape index (κ2) is 9.31. The monoisotopic (exact) mass is 318 g/mol. The molecule has 118 valence electrons. The summed E-state index contributed by atoms with van der Waals surface area (Å²) in [7, 11) is 0. The highest BCUT2D eigenvalue weighted by Gasteiger charge is 2.16. The number of amides is 1. The largest absolute Gasteiger partial charge is 0.480 e. The Kier molecular flexibility index (Phi) is 8.57. The first-order chi connectivity index (χ1) is 9.43. The zero-order valence-corrected chi connectivity index (χ0v) is 12.8. The van der Waals surface area contributed by atoms with Gasteiger partial charge in [0.2, 0.25) is 5.91 Å². The lowest BCUT2D eigenvalue weighted by Crippen LogP contribution is -2.41. The molecule has 7 heteroatoms. The molecule has 5 nitrogen and oxygen atoms in total. The molecule has 0 bridgehead atoms. The minimum Gasteiger partial charge on any atom is -0.480 e. The summed E-state index contributed by atoms with van der Waals surface area (Å²) in [5, 5.41) is 14.1. The molecule has 0 aliphatic rings. The Morgan fingerprint density at radius 1 is 1.38 bits per heavy atom. The smallest absolute Gasteiger partial charge is 0.320 e. The summed E-state index contributed by atoms with van der Waals surface area (Å²) in [6.45, 7) is 3.37. The number of carbonyl (C=O) groups is 2. The molecule has 1 rings (SSSR count). The maximum atomic E-state index is 13.3. The molecular weight excluding hydrogens is 299 g/mol. The zero-order chi connectivity index (χ0) is 15.1. The van der Waals surface area contributed by atoms with Crippen LogP contribution in [0.1, 0.15) is 25.3 Å². The molecule has 1 aromatic rings. The third-order valence-electron chi connectivity index (χ3n) is 2.84. The minimum absolute atomic E-state index is 0. The summed E-state index contributed by atoms with van der Waals surface area (Å²) < 4.78 is 13.3. The molecule has 1 atom stereocenters. The van der Waals surface area contributed by atoms with E-state index in [1.165, 1.54) is 6.07 Å². The molecule has 0 aliphatic carbocycles. The van der Waals surface area contributed by atoms with E-state index in [9.17, 15) is 14.0 Å². The third-order valence-corrected chi connectivity index (χ3v) is 2.84. The minimum atomic E-state index is -0.985. The number of carbonyl (C=O) groups excluding carboxylic acids is 1. The number of nitrogens with one attached hydrogen (secondary N) is 2. The number of hydrogen-bond acceptors (Lipinski definition) is 3. The van der Waals surface area contributed by atoms with Crippen LogP contribution in [0.4, 0.5) is 10.1 Å². The predicted molar refractivity (Wildman–Crippen MR) is 81.3 cm³/mol. The Balaban J connectivity index is 0.00000400. The van der Waals surface area contributed by atoms with Crippen molar-refractivity contribution in [2.45, 2.75) is 32.7 Å². The van der Waals surface area contributed by atoms with Gasteiger partial charge in [-0.25, -0.2) is 4.39 Å². The van der Waals surface area contributed by atoms with Gasteiger partial charge in [0.25, 0.3) is 0 Å². The van der Waals surface area contributed by atoms with Gasteiger partial charge in [-0.05, 0) is 31.0 Å². The van der Waals surface area contributed by atoms with Crippen molar-refractivity contribution in [1.29, 1.82) is 0 Å². The van der Waals surface area contributed by atoms with Crippen molar-refractivity contribution < 1.29 is 19.1 Å². The first kappa shape index (κ1) is 19.3. The van der Waals surface area contributed by atoms with E-state index in [0.29, 0.717) is 24.1 Å². The van der Waals surface area contributed by atoms with E-state index in [1.54, 1.807) is 19.1 Å². The Morgan fingerprint density at radius 3 is 2.57 bits per heavy atom. The van der Waals surface area contributed by atoms with Crippen LogP contribution in [0.5, 0.6) is 0 Å². The van der Waals surface area contributed by atoms with Crippen LogP contribution < -0.4 is 10.6 Å². The average Bonchev–Trinajstić information content (AvgIpc) is 2.38. The number of anilines is 1. The van der Waals surface area contributed by atoms with E-state index < -0.39 is 23.7 Å². The second-order valence-corrected chi connectivity index (χ2v) is 4.57. The van der Waals surface area contributed by atoms with Crippen LogP contribution in [0.15, 0.2) is 18.2 Å². The fourth-order valence-corrected chi connectivity index (χ4v) is 1.69. The zero-order valence-electron chi connectivity index (χ0n) is 12.0. The van der Waals surface area contributed by atoms with Crippen LogP contribution in [-0.4, -0.2) is 29.6 Å². The number of halogens is 2. The molecule has 0 saturated heterocycles. The van der Waals surface area contributed by atoms with Gasteiger partial charge in [0.05, 0.1) is 6.54 Å². The number of carboxylic acids is 1. The van der Waals surface area contributed by atoms with Crippen molar-refractivity contribution in [3.05, 3.63) is 29.6 Å². The van der Waals surface area contributed by atoms with Crippen molar-refractivity contribution in [2.75, 3.05) is 11.9 Å². The van der Waals surface area contributed by atoms with E-state index in [2.05, 4.69) is 10.6 Å². The molecular formula is C14H20ClFN2O3. The molecule has 0 aromatic heterocycles. The molecule has 1 aromatic carbocycles. The second-order valence-electron chi connectivity index (χ2n) is 4.57. The topological polar surface area (TPSA) is 78.4 Å². The maximum Gasteiger partial charge on any atom is 0.320 e. The summed E-state index contributed by atoms with van der Waals surface area (Å²) in [6, 6.07) is 3.64. The summed E-state index contributed by atoms with van der Waals surface area (Å²) >= 11 is 0. The molecule has 0 spiro atoms. The molecule has 1 unspecified atom stereocenters. The molecule has 1 amide bonds. The van der Waals surface area contributed by atoms with E-state index in [4.69, 9.17) is 5.11 Å². The number of hydrogen-bond donors (Lipinski definition) is 3. The molecule has 0 saturated carbocycles. The number of aliphatic carboxylic acids is 1. The first-order valence-electron chi connectivity index (χ1n) is 6.46. The summed E-state index contributed by atoms with van der Waals surface area (Å²) in [4.78, 5) is 22.5. The average molecular weight is 319 g/mol. The lowest BCUT2D eigenvalue weighted by atomic mass is 10.1. The molecule has 0 aliphatic heterocycles. The summed E-state index contributed by atoms with van der Waals surface area (Å²) in [5.41, 5.74) is 0.845. The standard InChI is InChI=1S/C14H19FN2O3.ClH/c1-3-4-12(14(19)20)16-8-13(18)17-10-6-5-9(2)11(15)7-10;/h5-7,12,16H,3-4,8H2,1-2H3,(H,17,18)(H,19,20);1H. The fourth-order valence-electron chi connectivity index (χ4n) is 1.69. The van der Waals surface area contributed by atoms with E-state index >= 15 is 0 Å². The summed E-state index contributed by atoms with van der Waals surface area (Å²) in [5.74, 6) is -1.79. The molecule has 0 fully saturated rings. The van der Waals surface area contributed by atoms with Gasteiger partial charge in [0.1, 0.15) is 11.9 Å². The van der Waals surface area contributed by atoms with E-state index in [0.717, 1.165) is 0 Å². The normalized spacial score (nSPS) is 11.4. The van der Waals surface area contributed by atoms with Crippen molar-refractivity contribution >= 4 is 30.0 Å². The fraction of sp³-hybridized carbons (Fsp3) is 0.429. The molecule has 0 radical (unpaired) electrons. The lowest BCUT2D eigenvalue weighted by Gasteiger charge is -2.13. The highest BCUT2D eigenvalue weighted by molar-refractivity contribution is 5.92. The number of rotatable bonds is 7. The van der Waals surface area contributed by atoms with Crippen molar-refractivity contribution in [1.82, 2.24) is 5.32 Å². The van der Waals surface area contributed by atoms with Crippen molar-refractivity contribution in [2.24, 2.45) is 0 Å². The molecule has 21 heavy (non-hydrogen) atoms. The van der Waals surface area contributed by atoms with Crippen LogP contribution in [0, 0.1) is 12.7 Å². The third kappa shape index (κ3) is 6.55. The Hall–Kier alpha value is -1.66. The summed E-state index contributed by atoms with van der Waals surface area (Å²) in [6.07, 6.45) is 1.15. The molecule has 3 N–H and O–H groups in total. The van der Waals surface area contributed by atoms with Gasteiger partial charge in [-0.15, -0.1) is 12.4 Å². The SMILES string of the molecule is CCCC(NCC(=O)Nc1ccc(C)c(F)c1)C(=O)O.Cl. The predicted octanol–water partition coefficient (Wildman–Crippen LogP) is 2.34. The maximum absolute atomic E-state index is 13.3. The van der Waals surface area contributed by atoms with Gasteiger partial charge >= 0.3 is 5.97 Å². The van der Waals surface area contributed by atoms with Gasteiger partial charge in [-0.1, -0.05) is 19.4 Å². The Labute approximate surface area is 129 Å². The number of carboxylic acid groups (broad SMARTS) is 1. The lowest BCUT2D eigenvalue weighted by molar-refractivity contribution is -0.139. The van der Waals surface area contributed by atoms with Gasteiger partial charge in [0.15, 0.2) is 0 Å².